The Labute approximate surface area is 104 Å². The molecular weight excluding hydrogens is 216 g/mol. The zero-order chi connectivity index (χ0) is 12.5. The van der Waals surface area contributed by atoms with Gasteiger partial charge in [-0.05, 0) is 38.1 Å². The van der Waals surface area contributed by atoms with E-state index in [0.29, 0.717) is 18.4 Å². The molecule has 0 aliphatic carbocycles. The van der Waals surface area contributed by atoms with E-state index in [2.05, 4.69) is 26.1 Å². The third-order valence-corrected chi connectivity index (χ3v) is 4.05. The van der Waals surface area contributed by atoms with Crippen molar-refractivity contribution in [2.45, 2.75) is 39.2 Å². The highest BCUT2D eigenvalue weighted by Crippen LogP contribution is 2.35. The van der Waals surface area contributed by atoms with Gasteiger partial charge < -0.3 is 10.1 Å². The molecule has 2 rings (SSSR count). The maximum atomic E-state index is 11.9. The van der Waals surface area contributed by atoms with E-state index in [1.165, 1.54) is 12.8 Å². The zero-order valence-electron chi connectivity index (χ0n) is 11.2. The summed E-state index contributed by atoms with van der Waals surface area (Å²) in [5.74, 6) is 0.998. The van der Waals surface area contributed by atoms with Crippen LogP contribution in [0.1, 0.15) is 33.6 Å². The SMILES string of the molecule is CC(C)CN1C(=O)OCC1(C)C1CCCNC1. The van der Waals surface area contributed by atoms with Crippen molar-refractivity contribution in [1.82, 2.24) is 10.2 Å². The second-order valence-electron chi connectivity index (χ2n) is 5.96. The molecule has 2 saturated heterocycles. The van der Waals surface area contributed by atoms with E-state index in [1.807, 2.05) is 4.90 Å². The fraction of sp³-hybridized carbons (Fsp3) is 0.923. The summed E-state index contributed by atoms with van der Waals surface area (Å²) >= 11 is 0. The van der Waals surface area contributed by atoms with Crippen LogP contribution in [0.3, 0.4) is 0 Å². The normalized spacial score (nSPS) is 34.2. The fourth-order valence-corrected chi connectivity index (χ4v) is 2.94. The van der Waals surface area contributed by atoms with Crippen molar-refractivity contribution in [3.63, 3.8) is 0 Å². The Morgan fingerprint density at radius 3 is 2.94 bits per heavy atom. The predicted octanol–water partition coefficient (Wildman–Crippen LogP) is 1.85. The summed E-state index contributed by atoms with van der Waals surface area (Å²) in [6.45, 7) is 9.91. The summed E-state index contributed by atoms with van der Waals surface area (Å²) in [6.07, 6.45) is 2.25. The Morgan fingerprint density at radius 2 is 2.35 bits per heavy atom. The zero-order valence-corrected chi connectivity index (χ0v) is 11.2. The molecular formula is C13H24N2O2. The maximum absolute atomic E-state index is 11.9. The molecule has 0 aromatic heterocycles. The van der Waals surface area contributed by atoms with Crippen LogP contribution >= 0.6 is 0 Å². The number of rotatable bonds is 3. The molecule has 4 heteroatoms. The number of piperidine rings is 1. The Hall–Kier alpha value is -0.770. The summed E-state index contributed by atoms with van der Waals surface area (Å²) in [5.41, 5.74) is -0.116. The molecule has 0 aromatic rings. The molecule has 2 heterocycles. The van der Waals surface area contributed by atoms with Crippen molar-refractivity contribution in [2.75, 3.05) is 26.2 Å². The molecule has 0 radical (unpaired) electrons. The van der Waals surface area contributed by atoms with Crippen molar-refractivity contribution in [2.24, 2.45) is 11.8 Å². The number of ether oxygens (including phenoxy) is 1. The van der Waals surface area contributed by atoms with Crippen LogP contribution in [0.5, 0.6) is 0 Å². The van der Waals surface area contributed by atoms with Gasteiger partial charge >= 0.3 is 6.09 Å². The molecule has 17 heavy (non-hydrogen) atoms. The number of carbonyl (C=O) groups excluding carboxylic acids is 1. The number of amides is 1. The lowest BCUT2D eigenvalue weighted by molar-refractivity contribution is 0.0890. The summed E-state index contributed by atoms with van der Waals surface area (Å²) in [7, 11) is 0. The van der Waals surface area contributed by atoms with Crippen molar-refractivity contribution in [3.8, 4) is 0 Å². The molecule has 2 fully saturated rings. The van der Waals surface area contributed by atoms with E-state index in [4.69, 9.17) is 4.74 Å². The molecule has 98 valence electrons. The quantitative estimate of drug-likeness (QED) is 0.818. The Morgan fingerprint density at radius 1 is 1.59 bits per heavy atom. The molecule has 2 unspecified atom stereocenters. The van der Waals surface area contributed by atoms with E-state index in [0.717, 1.165) is 19.6 Å². The van der Waals surface area contributed by atoms with Crippen molar-refractivity contribution < 1.29 is 9.53 Å². The van der Waals surface area contributed by atoms with Crippen molar-refractivity contribution in [3.05, 3.63) is 0 Å². The lowest BCUT2D eigenvalue weighted by Gasteiger charge is -2.41. The number of nitrogens with zero attached hydrogens (tertiary/aromatic N) is 1. The first-order valence-electron chi connectivity index (χ1n) is 6.69. The Bertz CT molecular complexity index is 287. The van der Waals surface area contributed by atoms with Gasteiger partial charge in [0.1, 0.15) is 6.61 Å². The first-order chi connectivity index (χ1) is 8.04. The van der Waals surface area contributed by atoms with Gasteiger partial charge in [-0.25, -0.2) is 4.79 Å². The Kier molecular flexibility index (Phi) is 3.61. The van der Waals surface area contributed by atoms with Gasteiger partial charge in [-0.15, -0.1) is 0 Å². The van der Waals surface area contributed by atoms with E-state index < -0.39 is 0 Å². The van der Waals surface area contributed by atoms with E-state index in [1.54, 1.807) is 0 Å². The van der Waals surface area contributed by atoms with Crippen molar-refractivity contribution >= 4 is 6.09 Å². The van der Waals surface area contributed by atoms with Gasteiger partial charge in [-0.3, -0.25) is 4.90 Å². The molecule has 0 aromatic carbocycles. The largest absolute Gasteiger partial charge is 0.447 e. The summed E-state index contributed by atoms with van der Waals surface area (Å²) in [5, 5.41) is 3.43. The topological polar surface area (TPSA) is 41.6 Å². The summed E-state index contributed by atoms with van der Waals surface area (Å²) < 4.78 is 5.29. The highest BCUT2D eigenvalue weighted by atomic mass is 16.6. The first-order valence-corrected chi connectivity index (χ1v) is 6.69. The van der Waals surface area contributed by atoms with Crippen LogP contribution in [0.2, 0.25) is 0 Å². The van der Waals surface area contributed by atoms with Crippen LogP contribution in [0.15, 0.2) is 0 Å². The standard InChI is InChI=1S/C13H24N2O2/c1-10(2)8-15-12(16)17-9-13(15,3)11-5-4-6-14-7-11/h10-11,14H,4-9H2,1-3H3. The third-order valence-electron chi connectivity index (χ3n) is 4.05. The molecule has 1 amide bonds. The van der Waals surface area contributed by atoms with Gasteiger partial charge in [0.25, 0.3) is 0 Å². The van der Waals surface area contributed by atoms with Gasteiger partial charge in [0.2, 0.25) is 0 Å². The van der Waals surface area contributed by atoms with Gasteiger partial charge in [-0.1, -0.05) is 13.8 Å². The average molecular weight is 240 g/mol. The molecule has 2 atom stereocenters. The van der Waals surface area contributed by atoms with Crippen LogP contribution in [-0.2, 0) is 4.74 Å². The number of hydrogen-bond donors (Lipinski definition) is 1. The second-order valence-corrected chi connectivity index (χ2v) is 5.96. The lowest BCUT2D eigenvalue weighted by atomic mass is 9.80. The van der Waals surface area contributed by atoms with E-state index in [9.17, 15) is 4.79 Å². The minimum atomic E-state index is -0.133. The fourth-order valence-electron chi connectivity index (χ4n) is 2.94. The highest BCUT2D eigenvalue weighted by molar-refractivity contribution is 5.71. The molecule has 2 aliphatic rings. The average Bonchev–Trinajstić information content (AvgIpc) is 2.59. The first kappa shape index (κ1) is 12.7. The van der Waals surface area contributed by atoms with Crippen LogP contribution in [0, 0.1) is 11.8 Å². The summed E-state index contributed by atoms with van der Waals surface area (Å²) in [6, 6.07) is 0. The van der Waals surface area contributed by atoms with Crippen LogP contribution in [0.4, 0.5) is 4.79 Å². The maximum Gasteiger partial charge on any atom is 0.410 e. The number of nitrogens with one attached hydrogen (secondary N) is 1. The molecule has 1 N–H and O–H groups in total. The monoisotopic (exact) mass is 240 g/mol. The predicted molar refractivity (Wildman–Crippen MR) is 66.9 cm³/mol. The van der Waals surface area contributed by atoms with Crippen LogP contribution in [-0.4, -0.2) is 42.8 Å². The minimum Gasteiger partial charge on any atom is -0.447 e. The molecule has 0 bridgehead atoms. The van der Waals surface area contributed by atoms with Gasteiger partial charge in [0.15, 0.2) is 0 Å². The second kappa shape index (κ2) is 4.84. The van der Waals surface area contributed by atoms with Crippen LogP contribution in [0.25, 0.3) is 0 Å². The number of carbonyl (C=O) groups is 1. The van der Waals surface area contributed by atoms with Crippen LogP contribution < -0.4 is 5.32 Å². The van der Waals surface area contributed by atoms with Crippen molar-refractivity contribution in [1.29, 1.82) is 0 Å². The van der Waals surface area contributed by atoms with E-state index >= 15 is 0 Å². The van der Waals surface area contributed by atoms with E-state index in [-0.39, 0.29) is 11.6 Å². The van der Waals surface area contributed by atoms with Gasteiger partial charge in [0.05, 0.1) is 5.54 Å². The summed E-state index contributed by atoms with van der Waals surface area (Å²) in [4.78, 5) is 13.8. The van der Waals surface area contributed by atoms with Gasteiger partial charge in [0, 0.05) is 13.1 Å². The third kappa shape index (κ3) is 2.41. The molecule has 2 aliphatic heterocycles. The lowest BCUT2D eigenvalue weighted by Crippen LogP contribution is -2.55. The molecule has 4 nitrogen and oxygen atoms in total. The number of cyclic esters (lactones) is 1. The minimum absolute atomic E-state index is 0.116. The van der Waals surface area contributed by atoms with Gasteiger partial charge in [-0.2, -0.15) is 0 Å². The number of hydrogen-bond acceptors (Lipinski definition) is 3. The molecule has 0 spiro atoms. The highest BCUT2D eigenvalue weighted by Gasteiger charge is 2.48. The smallest absolute Gasteiger partial charge is 0.410 e. The molecule has 0 saturated carbocycles. The Balaban J connectivity index is 2.12.